The first kappa shape index (κ1) is 51.8. The van der Waals surface area contributed by atoms with Gasteiger partial charge in [0, 0.05) is 46.0 Å². The molecule has 2 saturated carbocycles. The number of imidazole rings is 1. The first-order valence-electron chi connectivity index (χ1n) is 22.8. The standard InChI is InChI=1S/C49H56N4O18/c1-25-32(68-44(60)38(57)37(51-27(3)54)30-15-11-9-12-16-30)22-49(62)42(70-43(59)31-17-13-10-14-18-31)40-47(8,41(58)39(67-28(4)55)36(25)46(49,6)7)33(21-34-48(40,24-66-34)71-29(5)56)69-45(61)65-20-19-52-26(2)50-23-35(52)53(63)64/h9-18,23,32-34,37-40,42,57,62H,19-22,24H2,1-8H3,(H,51,54)/t32-,33-,34+,37-,38+,39?,40?,42-,47+,48-,49+/m0/s1. The largest absolute Gasteiger partial charge is 0.508 e. The van der Waals surface area contributed by atoms with Crippen molar-refractivity contribution in [1.29, 1.82) is 0 Å². The fraction of sp³-hybridized carbons (Fsp3) is 0.510. The minimum absolute atomic E-state index is 0.0101. The molecule has 380 valence electrons. The van der Waals surface area contributed by atoms with Gasteiger partial charge in [0.1, 0.15) is 49.4 Å². The number of nitro groups is 1. The third-order valence-electron chi connectivity index (χ3n) is 14.5. The van der Waals surface area contributed by atoms with Crippen molar-refractivity contribution in [3.8, 4) is 0 Å². The Kier molecular flexibility index (Phi) is 14.3. The average Bonchev–Trinajstić information content (AvgIpc) is 3.68. The van der Waals surface area contributed by atoms with E-state index in [4.69, 9.17) is 33.2 Å². The molecular weight excluding hydrogens is 933 g/mol. The van der Waals surface area contributed by atoms with Gasteiger partial charge in [-0.15, -0.1) is 0 Å². The second-order valence-corrected chi connectivity index (χ2v) is 19.0. The highest BCUT2D eigenvalue weighted by atomic mass is 16.7. The number of aliphatic hydroxyl groups is 2. The molecule has 3 N–H and O–H groups in total. The number of rotatable bonds is 14. The van der Waals surface area contributed by atoms with E-state index in [1.807, 2.05) is 0 Å². The molecule has 7 rings (SSSR count). The molecular formula is C49H56N4O18. The van der Waals surface area contributed by atoms with Crippen LogP contribution in [0.25, 0.3) is 0 Å². The number of esters is 4. The lowest BCUT2D eigenvalue weighted by Gasteiger charge is -2.67. The molecule has 2 aromatic carbocycles. The van der Waals surface area contributed by atoms with Gasteiger partial charge in [0.05, 0.1) is 29.5 Å². The number of nitrogens with one attached hydrogen (secondary N) is 1. The number of hydrogen-bond acceptors (Lipinski definition) is 19. The number of fused-ring (bicyclic) bond motifs is 5. The maximum Gasteiger partial charge on any atom is 0.508 e. The van der Waals surface area contributed by atoms with E-state index < -0.39 is 137 Å². The number of ketones is 1. The van der Waals surface area contributed by atoms with E-state index in [9.17, 15) is 49.1 Å². The van der Waals surface area contributed by atoms with E-state index in [1.54, 1.807) is 48.5 Å². The summed E-state index contributed by atoms with van der Waals surface area (Å²) in [7, 11) is 0. The summed E-state index contributed by atoms with van der Waals surface area (Å²) in [5.74, 6) is -7.60. The lowest BCUT2D eigenvalue weighted by molar-refractivity contribution is -0.392. The average molecular weight is 989 g/mol. The minimum atomic E-state index is -2.53. The monoisotopic (exact) mass is 988 g/mol. The first-order chi connectivity index (χ1) is 33.4. The molecule has 1 amide bonds. The number of aryl methyl sites for hydroxylation is 1. The smallest absolute Gasteiger partial charge is 0.456 e. The van der Waals surface area contributed by atoms with Crippen LogP contribution in [-0.2, 0) is 63.7 Å². The van der Waals surface area contributed by atoms with Crippen LogP contribution in [0, 0.1) is 33.8 Å². The summed E-state index contributed by atoms with van der Waals surface area (Å²) in [6.07, 6.45) is -11.8. The molecule has 1 aromatic heterocycles. The Bertz CT molecular complexity index is 2650. The summed E-state index contributed by atoms with van der Waals surface area (Å²) in [4.78, 5) is 113. The Morgan fingerprint density at radius 1 is 0.944 bits per heavy atom. The summed E-state index contributed by atoms with van der Waals surface area (Å²) in [5, 5.41) is 39.7. The van der Waals surface area contributed by atoms with E-state index in [1.165, 1.54) is 58.2 Å². The van der Waals surface area contributed by atoms with Crippen LogP contribution in [0.5, 0.6) is 0 Å². The molecule has 2 unspecified atom stereocenters. The fourth-order valence-electron chi connectivity index (χ4n) is 11.0. The van der Waals surface area contributed by atoms with Gasteiger partial charge in [-0.05, 0) is 47.6 Å². The number of nitrogens with zero attached hydrogens (tertiary/aromatic N) is 3. The summed E-state index contributed by atoms with van der Waals surface area (Å²) in [6, 6.07) is 14.4. The highest BCUT2D eigenvalue weighted by Crippen LogP contribution is 2.65. The van der Waals surface area contributed by atoms with Crippen molar-refractivity contribution < 1.29 is 81.9 Å². The number of ether oxygens (including phenoxy) is 7. The lowest BCUT2D eigenvalue weighted by Crippen LogP contribution is -2.82. The molecule has 0 radical (unpaired) electrons. The molecule has 1 saturated heterocycles. The number of Topliss-reactive ketones (excluding diaryl/α,β-unsaturated/α-hetero) is 1. The van der Waals surface area contributed by atoms with E-state index in [0.29, 0.717) is 5.56 Å². The molecule has 3 aromatic rings. The van der Waals surface area contributed by atoms with Crippen LogP contribution in [0.3, 0.4) is 0 Å². The summed E-state index contributed by atoms with van der Waals surface area (Å²) in [6.45, 7) is 9.50. The van der Waals surface area contributed by atoms with Crippen LogP contribution >= 0.6 is 0 Å². The molecule has 2 bridgehead atoms. The van der Waals surface area contributed by atoms with Gasteiger partial charge in [-0.25, -0.2) is 23.9 Å². The molecule has 2 heterocycles. The van der Waals surface area contributed by atoms with Crippen molar-refractivity contribution in [1.82, 2.24) is 14.9 Å². The maximum atomic E-state index is 16.1. The van der Waals surface area contributed by atoms with Gasteiger partial charge in [-0.2, -0.15) is 0 Å². The number of carbonyl (C=O) groups is 7. The topological polar surface area (TPSA) is 298 Å². The predicted molar refractivity (Wildman–Crippen MR) is 241 cm³/mol. The second-order valence-electron chi connectivity index (χ2n) is 19.0. The van der Waals surface area contributed by atoms with Crippen LogP contribution < -0.4 is 5.32 Å². The quantitative estimate of drug-likeness (QED) is 0.0682. The number of carbonyl (C=O) groups excluding carboxylic acids is 7. The van der Waals surface area contributed by atoms with E-state index in [-0.39, 0.29) is 41.3 Å². The second kappa shape index (κ2) is 19.6. The van der Waals surface area contributed by atoms with Gasteiger partial charge >= 0.3 is 35.9 Å². The predicted octanol–water partition coefficient (Wildman–Crippen LogP) is 3.72. The van der Waals surface area contributed by atoms with Crippen LogP contribution in [0.4, 0.5) is 10.6 Å². The molecule has 3 aliphatic carbocycles. The third-order valence-corrected chi connectivity index (χ3v) is 14.5. The highest BCUT2D eigenvalue weighted by Gasteiger charge is 2.79. The van der Waals surface area contributed by atoms with Gasteiger partial charge in [0.2, 0.25) is 5.91 Å². The summed E-state index contributed by atoms with van der Waals surface area (Å²) >= 11 is 0. The van der Waals surface area contributed by atoms with Crippen LogP contribution in [-0.4, -0.2) is 127 Å². The van der Waals surface area contributed by atoms with Crippen molar-refractivity contribution in [2.45, 2.75) is 129 Å². The molecule has 4 aliphatic rings. The number of amides is 1. The first-order valence-corrected chi connectivity index (χ1v) is 22.8. The Hall–Kier alpha value is -7.04. The van der Waals surface area contributed by atoms with Crippen molar-refractivity contribution in [3.63, 3.8) is 0 Å². The van der Waals surface area contributed by atoms with E-state index >= 15 is 4.79 Å². The minimum Gasteiger partial charge on any atom is -0.456 e. The summed E-state index contributed by atoms with van der Waals surface area (Å²) < 4.78 is 43.3. The highest BCUT2D eigenvalue weighted by molar-refractivity contribution is 5.96. The van der Waals surface area contributed by atoms with Crippen molar-refractivity contribution in [2.24, 2.45) is 16.7 Å². The van der Waals surface area contributed by atoms with Crippen molar-refractivity contribution >= 4 is 47.5 Å². The molecule has 3 fully saturated rings. The Labute approximate surface area is 407 Å². The van der Waals surface area contributed by atoms with E-state index in [2.05, 4.69) is 10.3 Å². The molecule has 22 heteroatoms. The zero-order chi connectivity index (χ0) is 52.0. The molecule has 11 atom stereocenters. The fourth-order valence-corrected chi connectivity index (χ4v) is 11.0. The molecule has 22 nitrogen and oxygen atoms in total. The number of hydrogen-bond donors (Lipinski definition) is 3. The van der Waals surface area contributed by atoms with Gasteiger partial charge < -0.3 is 58.8 Å². The van der Waals surface area contributed by atoms with Crippen LogP contribution in [0.1, 0.15) is 89.1 Å². The molecule has 0 spiro atoms. The van der Waals surface area contributed by atoms with Crippen LogP contribution in [0.15, 0.2) is 78.0 Å². The van der Waals surface area contributed by atoms with Gasteiger partial charge in [-0.1, -0.05) is 62.4 Å². The third kappa shape index (κ3) is 9.26. The number of benzene rings is 2. The van der Waals surface area contributed by atoms with Gasteiger partial charge in [0.25, 0.3) is 0 Å². The SMILES string of the molecule is CC(=O)N[C@@H](c1ccccc1)[C@@H](O)C(=O)O[C@H]1C[C@@]2(O)[C@@H](OC(=O)c3ccccc3)C3[C@](C)(C(=O)C(OC(C)=O)C(=C1C)C2(C)C)[C@@H](OC(=O)OCCn1c([N+](=O)[O-])cnc1C)C[C@H]1OC[C@@]31OC(C)=O. The number of aliphatic hydroxyl groups excluding tert-OH is 1. The normalized spacial score (nSPS) is 29.2. The molecule has 1 aliphatic heterocycles. The summed E-state index contributed by atoms with van der Waals surface area (Å²) in [5.41, 5.74) is -8.23. The van der Waals surface area contributed by atoms with Crippen molar-refractivity contribution in [2.75, 3.05) is 13.2 Å². The maximum absolute atomic E-state index is 16.1. The Morgan fingerprint density at radius 2 is 1.59 bits per heavy atom. The Morgan fingerprint density at radius 3 is 2.17 bits per heavy atom. The van der Waals surface area contributed by atoms with Gasteiger partial charge in [-0.3, -0.25) is 19.2 Å². The zero-order valence-corrected chi connectivity index (χ0v) is 40.3. The van der Waals surface area contributed by atoms with E-state index in [0.717, 1.165) is 20.0 Å². The Balaban J connectivity index is 1.40. The van der Waals surface area contributed by atoms with Gasteiger partial charge in [0.15, 0.2) is 29.4 Å². The lowest BCUT2D eigenvalue weighted by atomic mass is 9.44. The zero-order valence-electron chi connectivity index (χ0n) is 40.3. The van der Waals surface area contributed by atoms with Crippen molar-refractivity contribution in [3.05, 3.63) is 105 Å². The molecule has 71 heavy (non-hydrogen) atoms. The van der Waals surface area contributed by atoms with Crippen LogP contribution in [0.2, 0.25) is 0 Å². The number of aromatic nitrogens is 2.